The van der Waals surface area contributed by atoms with Crippen LogP contribution in [-0.2, 0) is 4.79 Å². The number of carbonyl (C=O) groups is 1. The Balaban J connectivity index is 2.06. The number of carbonyl (C=O) groups excluding carboxylic acids is 1. The highest BCUT2D eigenvalue weighted by Gasteiger charge is 2.13. The molecule has 1 aromatic heterocycles. The van der Waals surface area contributed by atoms with Gasteiger partial charge in [0.15, 0.2) is 10.1 Å². The minimum absolute atomic E-state index is 0.246. The normalized spacial score (nSPS) is 16.4. The molecule has 0 bridgehead atoms. The second kappa shape index (κ2) is 3.64. The van der Waals surface area contributed by atoms with Crippen LogP contribution in [0.2, 0.25) is 0 Å². The van der Waals surface area contributed by atoms with Gasteiger partial charge in [-0.2, -0.15) is 0 Å². The number of aromatic nitrogens is 1. The van der Waals surface area contributed by atoms with E-state index in [2.05, 4.69) is 4.98 Å². The Bertz CT molecular complexity index is 367. The Hall–Kier alpha value is -0.610. The van der Waals surface area contributed by atoms with Crippen LogP contribution in [0.15, 0.2) is 20.7 Å². The Morgan fingerprint density at radius 2 is 2.38 bits per heavy atom. The summed E-state index contributed by atoms with van der Waals surface area (Å²) in [5, 5.41) is 2.03. The van der Waals surface area contributed by atoms with Crippen molar-refractivity contribution in [3.63, 3.8) is 0 Å². The maximum absolute atomic E-state index is 10.9. The number of thioether (sulfide) groups is 1. The smallest absolute Gasteiger partial charge is 0.156 e. The first-order chi connectivity index (χ1) is 6.24. The molecule has 0 radical (unpaired) electrons. The lowest BCUT2D eigenvalue weighted by Gasteiger charge is -1.94. The molecule has 1 aliphatic carbocycles. The number of thiazole rings is 1. The molecule has 2 nitrogen and oxygen atoms in total. The Morgan fingerprint density at radius 3 is 2.92 bits per heavy atom. The van der Waals surface area contributed by atoms with Crippen molar-refractivity contribution >= 4 is 28.9 Å². The first kappa shape index (κ1) is 8.97. The lowest BCUT2D eigenvalue weighted by molar-refractivity contribution is -0.114. The van der Waals surface area contributed by atoms with Gasteiger partial charge in [-0.1, -0.05) is 11.8 Å². The Labute approximate surface area is 85.1 Å². The highest BCUT2D eigenvalue weighted by atomic mass is 32.2. The molecule has 13 heavy (non-hydrogen) atoms. The minimum atomic E-state index is 0.246. The molecule has 0 saturated heterocycles. The van der Waals surface area contributed by atoms with Gasteiger partial charge >= 0.3 is 0 Å². The lowest BCUT2D eigenvalue weighted by Crippen LogP contribution is -1.80. The van der Waals surface area contributed by atoms with E-state index < -0.39 is 0 Å². The average molecular weight is 211 g/mol. The molecule has 1 aromatic rings. The molecule has 4 heteroatoms. The largest absolute Gasteiger partial charge is 0.295 e. The maximum Gasteiger partial charge on any atom is 0.156 e. The molecule has 1 heterocycles. The van der Waals surface area contributed by atoms with Crippen LogP contribution < -0.4 is 0 Å². The van der Waals surface area contributed by atoms with E-state index in [1.54, 1.807) is 29.2 Å². The summed E-state index contributed by atoms with van der Waals surface area (Å²) in [4.78, 5) is 16.4. The van der Waals surface area contributed by atoms with E-state index in [9.17, 15) is 4.79 Å². The van der Waals surface area contributed by atoms with Crippen molar-refractivity contribution in [3.05, 3.63) is 22.1 Å². The highest BCUT2D eigenvalue weighted by Crippen LogP contribution is 2.34. The van der Waals surface area contributed by atoms with Crippen molar-refractivity contribution in [3.8, 4) is 0 Å². The molecule has 0 N–H and O–H groups in total. The van der Waals surface area contributed by atoms with E-state index in [0.29, 0.717) is 6.42 Å². The van der Waals surface area contributed by atoms with Gasteiger partial charge in [-0.25, -0.2) is 4.98 Å². The van der Waals surface area contributed by atoms with Gasteiger partial charge in [-0.05, 0) is 24.3 Å². The topological polar surface area (TPSA) is 30.0 Å². The van der Waals surface area contributed by atoms with Crippen molar-refractivity contribution in [1.82, 2.24) is 4.98 Å². The average Bonchev–Trinajstić information content (AvgIpc) is 2.62. The Kier molecular flexibility index (Phi) is 2.51. The molecule has 0 aromatic carbocycles. The molecular weight excluding hydrogens is 202 g/mol. The molecule has 68 valence electrons. The first-order valence-corrected chi connectivity index (χ1v) is 5.77. The molecule has 0 spiro atoms. The predicted molar refractivity (Wildman–Crippen MR) is 55.0 cm³/mol. The zero-order chi connectivity index (χ0) is 9.26. The molecule has 0 saturated carbocycles. The number of ketones is 1. The predicted octanol–water partition coefficient (Wildman–Crippen LogP) is 2.79. The van der Waals surface area contributed by atoms with Gasteiger partial charge in [-0.15, -0.1) is 11.3 Å². The molecule has 0 fully saturated rings. The summed E-state index contributed by atoms with van der Waals surface area (Å²) in [5.74, 6) is 0.246. The van der Waals surface area contributed by atoms with Crippen molar-refractivity contribution in [2.75, 3.05) is 0 Å². The van der Waals surface area contributed by atoms with Crippen LogP contribution in [0, 0.1) is 6.92 Å². The molecule has 0 atom stereocenters. The summed E-state index contributed by atoms with van der Waals surface area (Å²) in [6.45, 7) is 1.98. The van der Waals surface area contributed by atoms with Crippen molar-refractivity contribution < 1.29 is 4.79 Å². The van der Waals surface area contributed by atoms with Crippen LogP contribution >= 0.6 is 23.1 Å². The minimum Gasteiger partial charge on any atom is -0.295 e. The maximum atomic E-state index is 10.9. The highest BCUT2D eigenvalue weighted by molar-refractivity contribution is 8.04. The summed E-state index contributed by atoms with van der Waals surface area (Å²) in [7, 11) is 0. The summed E-state index contributed by atoms with van der Waals surface area (Å²) in [6, 6.07) is 0. The SMILES string of the molecule is Cc1csc(SC2=CC(=O)CC2)n1. The number of aryl methyl sites for hydroxylation is 1. The van der Waals surface area contributed by atoms with E-state index >= 15 is 0 Å². The van der Waals surface area contributed by atoms with Gasteiger partial charge in [-0.3, -0.25) is 4.79 Å². The summed E-state index contributed by atoms with van der Waals surface area (Å²) in [5.41, 5.74) is 1.05. The lowest BCUT2D eigenvalue weighted by atomic mass is 10.3. The monoisotopic (exact) mass is 211 g/mol. The van der Waals surface area contributed by atoms with Crippen LogP contribution in [0.4, 0.5) is 0 Å². The fraction of sp³-hybridized carbons (Fsp3) is 0.333. The third-order valence-electron chi connectivity index (χ3n) is 1.76. The van der Waals surface area contributed by atoms with Gasteiger partial charge in [0.2, 0.25) is 0 Å². The van der Waals surface area contributed by atoms with E-state index in [4.69, 9.17) is 0 Å². The van der Waals surface area contributed by atoms with Gasteiger partial charge < -0.3 is 0 Å². The van der Waals surface area contributed by atoms with Crippen molar-refractivity contribution in [1.29, 1.82) is 0 Å². The first-order valence-electron chi connectivity index (χ1n) is 4.07. The third kappa shape index (κ3) is 2.19. The van der Waals surface area contributed by atoms with Crippen LogP contribution in [0.5, 0.6) is 0 Å². The van der Waals surface area contributed by atoms with Crippen LogP contribution in [0.3, 0.4) is 0 Å². The quantitative estimate of drug-likeness (QED) is 0.753. The molecular formula is C9H9NOS2. The van der Waals surface area contributed by atoms with E-state index in [1.807, 2.05) is 12.3 Å². The Morgan fingerprint density at radius 1 is 1.54 bits per heavy atom. The second-order valence-corrected chi connectivity index (χ2v) is 5.17. The summed E-state index contributed by atoms with van der Waals surface area (Å²) < 4.78 is 1.04. The molecule has 0 amide bonds. The molecule has 2 rings (SSSR count). The van der Waals surface area contributed by atoms with Gasteiger partial charge in [0.25, 0.3) is 0 Å². The van der Waals surface area contributed by atoms with E-state index in [-0.39, 0.29) is 5.78 Å². The number of hydrogen-bond donors (Lipinski definition) is 0. The number of nitrogens with zero attached hydrogens (tertiary/aromatic N) is 1. The van der Waals surface area contributed by atoms with E-state index in [0.717, 1.165) is 21.4 Å². The van der Waals surface area contributed by atoms with Crippen molar-refractivity contribution in [2.24, 2.45) is 0 Å². The van der Waals surface area contributed by atoms with Crippen LogP contribution in [-0.4, -0.2) is 10.8 Å². The standard InChI is InChI=1S/C9H9NOS2/c1-6-5-12-9(10-6)13-8-3-2-7(11)4-8/h4-5H,2-3H2,1H3. The van der Waals surface area contributed by atoms with Gasteiger partial charge in [0.05, 0.1) is 0 Å². The fourth-order valence-corrected chi connectivity index (χ4v) is 3.13. The number of hydrogen-bond acceptors (Lipinski definition) is 4. The zero-order valence-electron chi connectivity index (χ0n) is 7.24. The zero-order valence-corrected chi connectivity index (χ0v) is 8.87. The molecule has 0 aliphatic heterocycles. The number of allylic oxidation sites excluding steroid dienone is 2. The van der Waals surface area contributed by atoms with Gasteiger partial charge in [0, 0.05) is 17.5 Å². The summed E-state index contributed by atoms with van der Waals surface area (Å²) >= 11 is 3.26. The van der Waals surface area contributed by atoms with E-state index in [1.165, 1.54) is 0 Å². The van der Waals surface area contributed by atoms with Gasteiger partial charge in [0.1, 0.15) is 0 Å². The molecule has 1 aliphatic rings. The third-order valence-corrected chi connectivity index (χ3v) is 3.90. The fourth-order valence-electron chi connectivity index (χ4n) is 1.14. The summed E-state index contributed by atoms with van der Waals surface area (Å²) in [6.07, 6.45) is 3.30. The second-order valence-electron chi connectivity index (χ2n) is 2.93. The van der Waals surface area contributed by atoms with Crippen LogP contribution in [0.1, 0.15) is 18.5 Å². The van der Waals surface area contributed by atoms with Crippen molar-refractivity contribution in [2.45, 2.75) is 24.1 Å². The van der Waals surface area contributed by atoms with Crippen LogP contribution in [0.25, 0.3) is 0 Å². The number of rotatable bonds is 2. The molecule has 0 unspecified atom stereocenters.